The fourth-order valence-electron chi connectivity index (χ4n) is 2.78. The maximum atomic E-state index is 12.5. The fourth-order valence-corrected chi connectivity index (χ4v) is 2.78. The lowest BCUT2D eigenvalue weighted by Crippen LogP contribution is -2.46. The van der Waals surface area contributed by atoms with Crippen LogP contribution in [-0.2, 0) is 14.3 Å². The Morgan fingerprint density at radius 2 is 1.91 bits per heavy atom. The molecule has 2 rings (SSSR count). The minimum absolute atomic E-state index is 0.0319. The Hall–Kier alpha value is -2.04. The molecule has 1 saturated heterocycles. The van der Waals surface area contributed by atoms with E-state index in [0.29, 0.717) is 32.5 Å². The second-order valence-corrected chi connectivity index (χ2v) is 5.88. The maximum absolute atomic E-state index is 12.5. The molecule has 1 aliphatic rings. The van der Waals surface area contributed by atoms with Crippen molar-refractivity contribution >= 4 is 11.9 Å². The van der Waals surface area contributed by atoms with Gasteiger partial charge in [-0.05, 0) is 45.2 Å². The van der Waals surface area contributed by atoms with E-state index in [1.165, 1.54) is 0 Å². The molecule has 0 bridgehead atoms. The number of amides is 1. The average Bonchev–Trinajstić information content (AvgIpc) is 2.56. The maximum Gasteiger partial charge on any atom is 0.309 e. The summed E-state index contributed by atoms with van der Waals surface area (Å²) in [6.07, 6.45) is 0.777. The van der Waals surface area contributed by atoms with Gasteiger partial charge in [-0.3, -0.25) is 9.59 Å². The summed E-state index contributed by atoms with van der Waals surface area (Å²) < 4.78 is 10.8. The zero-order valence-electron chi connectivity index (χ0n) is 14.1. The van der Waals surface area contributed by atoms with E-state index in [9.17, 15) is 9.59 Å². The number of nitrogens with zero attached hydrogens (tertiary/aromatic N) is 1. The Kier molecular flexibility index (Phi) is 6.02. The van der Waals surface area contributed by atoms with Gasteiger partial charge in [-0.2, -0.15) is 0 Å². The molecule has 0 spiro atoms. The third-order valence-electron chi connectivity index (χ3n) is 4.17. The number of hydrogen-bond acceptors (Lipinski definition) is 4. The number of ether oxygens (including phenoxy) is 2. The van der Waals surface area contributed by atoms with Crippen molar-refractivity contribution in [2.24, 2.45) is 5.92 Å². The fraction of sp³-hybridized carbons (Fsp3) is 0.556. The molecule has 0 aliphatic carbocycles. The van der Waals surface area contributed by atoms with E-state index in [0.717, 1.165) is 11.3 Å². The number of hydrogen-bond donors (Lipinski definition) is 0. The van der Waals surface area contributed by atoms with Crippen LogP contribution < -0.4 is 4.74 Å². The Morgan fingerprint density at radius 3 is 2.52 bits per heavy atom. The van der Waals surface area contributed by atoms with E-state index in [2.05, 4.69) is 0 Å². The highest BCUT2D eigenvalue weighted by Crippen LogP contribution is 2.22. The molecule has 1 heterocycles. The molecule has 23 heavy (non-hydrogen) atoms. The second kappa shape index (κ2) is 7.99. The van der Waals surface area contributed by atoms with Crippen LogP contribution in [0.2, 0.25) is 0 Å². The highest BCUT2D eigenvalue weighted by atomic mass is 16.5. The van der Waals surface area contributed by atoms with Gasteiger partial charge in [-0.15, -0.1) is 0 Å². The van der Waals surface area contributed by atoms with Crippen LogP contribution in [0.1, 0.15) is 32.3 Å². The quantitative estimate of drug-likeness (QED) is 0.783. The predicted molar refractivity (Wildman–Crippen MR) is 87.2 cm³/mol. The molecule has 0 N–H and O–H groups in total. The number of carbonyl (C=O) groups is 2. The highest BCUT2D eigenvalue weighted by Gasteiger charge is 2.30. The molecule has 5 heteroatoms. The number of aryl methyl sites for hydroxylation is 1. The van der Waals surface area contributed by atoms with Crippen molar-refractivity contribution in [3.8, 4) is 5.75 Å². The first-order valence-electron chi connectivity index (χ1n) is 8.20. The first kappa shape index (κ1) is 17.3. The normalized spacial score (nSPS) is 16.7. The standard InChI is InChI=1S/C18H25NO4/c1-4-22-18(21)15-9-11-19(12-10-15)17(20)14(3)23-16-8-6-5-7-13(16)2/h5-8,14-15H,4,9-12H2,1-3H3. The van der Waals surface area contributed by atoms with Crippen LogP contribution in [0.15, 0.2) is 24.3 Å². The summed E-state index contributed by atoms with van der Waals surface area (Å²) in [6.45, 7) is 7.08. The summed E-state index contributed by atoms with van der Waals surface area (Å²) in [7, 11) is 0. The minimum Gasteiger partial charge on any atom is -0.481 e. The SMILES string of the molecule is CCOC(=O)C1CCN(C(=O)C(C)Oc2ccccc2C)CC1. The first-order valence-corrected chi connectivity index (χ1v) is 8.20. The van der Waals surface area contributed by atoms with Gasteiger partial charge in [0.05, 0.1) is 12.5 Å². The Bertz CT molecular complexity index is 550. The summed E-state index contributed by atoms with van der Waals surface area (Å²) in [5, 5.41) is 0. The molecule has 1 fully saturated rings. The third-order valence-corrected chi connectivity index (χ3v) is 4.17. The number of likely N-dealkylation sites (tertiary alicyclic amines) is 1. The van der Waals surface area contributed by atoms with Gasteiger partial charge < -0.3 is 14.4 Å². The zero-order valence-corrected chi connectivity index (χ0v) is 14.1. The highest BCUT2D eigenvalue weighted by molar-refractivity contribution is 5.81. The van der Waals surface area contributed by atoms with Crippen LogP contribution in [0.25, 0.3) is 0 Å². The van der Waals surface area contributed by atoms with Crippen molar-refractivity contribution < 1.29 is 19.1 Å². The van der Waals surface area contributed by atoms with Crippen LogP contribution in [-0.4, -0.2) is 42.6 Å². The molecular weight excluding hydrogens is 294 g/mol. The molecule has 0 saturated carbocycles. The Balaban J connectivity index is 1.87. The molecule has 1 aliphatic heterocycles. The molecule has 1 aromatic rings. The number of benzene rings is 1. The summed E-state index contributed by atoms with van der Waals surface area (Å²) in [5.41, 5.74) is 1.01. The summed E-state index contributed by atoms with van der Waals surface area (Å²) in [5.74, 6) is 0.459. The van der Waals surface area contributed by atoms with Gasteiger partial charge in [-0.1, -0.05) is 18.2 Å². The van der Waals surface area contributed by atoms with Crippen molar-refractivity contribution in [2.75, 3.05) is 19.7 Å². The number of piperidine rings is 1. The Morgan fingerprint density at radius 1 is 1.26 bits per heavy atom. The molecule has 126 valence electrons. The van der Waals surface area contributed by atoms with Gasteiger partial charge in [0.25, 0.3) is 5.91 Å². The van der Waals surface area contributed by atoms with Gasteiger partial charge in [0.1, 0.15) is 5.75 Å². The molecule has 1 atom stereocenters. The predicted octanol–water partition coefficient (Wildman–Crippen LogP) is 2.56. The topological polar surface area (TPSA) is 55.8 Å². The first-order chi connectivity index (χ1) is 11.0. The van der Waals surface area contributed by atoms with Crippen molar-refractivity contribution in [2.45, 2.75) is 39.7 Å². The van der Waals surface area contributed by atoms with E-state index in [1.54, 1.807) is 18.7 Å². The number of para-hydroxylation sites is 1. The van der Waals surface area contributed by atoms with E-state index >= 15 is 0 Å². The van der Waals surface area contributed by atoms with Crippen LogP contribution in [0, 0.1) is 12.8 Å². The molecule has 5 nitrogen and oxygen atoms in total. The van der Waals surface area contributed by atoms with Gasteiger partial charge in [-0.25, -0.2) is 0 Å². The van der Waals surface area contributed by atoms with E-state index < -0.39 is 6.10 Å². The van der Waals surface area contributed by atoms with Gasteiger partial charge in [0.15, 0.2) is 6.10 Å². The smallest absolute Gasteiger partial charge is 0.309 e. The van der Waals surface area contributed by atoms with Gasteiger partial charge >= 0.3 is 5.97 Å². The number of carbonyl (C=O) groups excluding carboxylic acids is 2. The lowest BCUT2D eigenvalue weighted by molar-refractivity contribution is -0.152. The van der Waals surface area contributed by atoms with Crippen molar-refractivity contribution in [1.29, 1.82) is 0 Å². The van der Waals surface area contributed by atoms with Crippen LogP contribution >= 0.6 is 0 Å². The molecule has 1 aromatic carbocycles. The number of rotatable bonds is 5. The average molecular weight is 319 g/mol. The molecule has 0 radical (unpaired) electrons. The number of esters is 1. The van der Waals surface area contributed by atoms with E-state index in [4.69, 9.17) is 9.47 Å². The summed E-state index contributed by atoms with van der Waals surface area (Å²) in [6, 6.07) is 7.66. The summed E-state index contributed by atoms with van der Waals surface area (Å²) >= 11 is 0. The third kappa shape index (κ3) is 4.47. The molecule has 1 amide bonds. The lowest BCUT2D eigenvalue weighted by Gasteiger charge is -2.32. The largest absolute Gasteiger partial charge is 0.481 e. The van der Waals surface area contributed by atoms with Gasteiger partial charge in [0.2, 0.25) is 0 Å². The summed E-state index contributed by atoms with van der Waals surface area (Å²) in [4.78, 5) is 26.0. The molecule has 1 unspecified atom stereocenters. The van der Waals surface area contributed by atoms with Crippen molar-refractivity contribution in [1.82, 2.24) is 4.90 Å². The van der Waals surface area contributed by atoms with E-state index in [-0.39, 0.29) is 17.8 Å². The van der Waals surface area contributed by atoms with Gasteiger partial charge in [0, 0.05) is 13.1 Å². The van der Waals surface area contributed by atoms with Crippen LogP contribution in [0.3, 0.4) is 0 Å². The molecule has 0 aromatic heterocycles. The van der Waals surface area contributed by atoms with Crippen LogP contribution in [0.5, 0.6) is 5.75 Å². The van der Waals surface area contributed by atoms with Crippen molar-refractivity contribution in [3.63, 3.8) is 0 Å². The molecular formula is C18H25NO4. The lowest BCUT2D eigenvalue weighted by atomic mass is 9.96. The zero-order chi connectivity index (χ0) is 16.8. The van der Waals surface area contributed by atoms with Crippen LogP contribution in [0.4, 0.5) is 0 Å². The second-order valence-electron chi connectivity index (χ2n) is 5.88. The van der Waals surface area contributed by atoms with Crippen molar-refractivity contribution in [3.05, 3.63) is 29.8 Å². The minimum atomic E-state index is -0.532. The monoisotopic (exact) mass is 319 g/mol. The Labute approximate surface area is 137 Å². The van der Waals surface area contributed by atoms with E-state index in [1.807, 2.05) is 31.2 Å².